The largest absolute Gasteiger partial charge is 0.377 e. The fourth-order valence-corrected chi connectivity index (χ4v) is 1.35. The number of hydrogen-bond acceptors (Lipinski definition) is 2. The predicted octanol–water partition coefficient (Wildman–Crippen LogP) is 2.37. The molecule has 0 aliphatic rings. The van der Waals surface area contributed by atoms with E-state index in [2.05, 4.69) is 0 Å². The Hall–Kier alpha value is -1.35. The van der Waals surface area contributed by atoms with Gasteiger partial charge in [0.15, 0.2) is 0 Å². The van der Waals surface area contributed by atoms with Crippen molar-refractivity contribution in [3.05, 3.63) is 35.9 Å². The van der Waals surface area contributed by atoms with Gasteiger partial charge < -0.3 is 9.64 Å². The van der Waals surface area contributed by atoms with Gasteiger partial charge in [0, 0.05) is 19.2 Å². The molecule has 0 fully saturated rings. The average Bonchev–Trinajstić information content (AvgIpc) is 2.28. The first kappa shape index (κ1) is 12.7. The lowest BCUT2D eigenvalue weighted by Crippen LogP contribution is -2.30. The minimum absolute atomic E-state index is 0.249. The summed E-state index contributed by atoms with van der Waals surface area (Å²) in [4.78, 5) is 1.90. The predicted molar refractivity (Wildman–Crippen MR) is 67.0 cm³/mol. The SMILES string of the molecule is CC(C)OCCN(C)C(=N)c1ccccc1. The van der Waals surface area contributed by atoms with E-state index in [0.29, 0.717) is 12.4 Å². The van der Waals surface area contributed by atoms with Gasteiger partial charge in [0.05, 0.1) is 12.7 Å². The van der Waals surface area contributed by atoms with Gasteiger partial charge in [0.25, 0.3) is 0 Å². The van der Waals surface area contributed by atoms with Crippen LogP contribution in [0.5, 0.6) is 0 Å². The zero-order valence-corrected chi connectivity index (χ0v) is 10.2. The van der Waals surface area contributed by atoms with Crippen LogP contribution in [0.25, 0.3) is 0 Å². The second-order valence-corrected chi connectivity index (χ2v) is 4.06. The molecule has 3 heteroatoms. The Morgan fingerprint density at radius 2 is 1.94 bits per heavy atom. The highest BCUT2D eigenvalue weighted by molar-refractivity contribution is 5.96. The molecule has 0 amide bonds. The molecule has 88 valence electrons. The highest BCUT2D eigenvalue weighted by Crippen LogP contribution is 2.02. The summed E-state index contributed by atoms with van der Waals surface area (Å²) in [7, 11) is 1.92. The van der Waals surface area contributed by atoms with E-state index in [1.165, 1.54) is 0 Å². The monoisotopic (exact) mass is 220 g/mol. The topological polar surface area (TPSA) is 36.3 Å². The molecule has 0 unspecified atom stereocenters. The molecule has 3 nitrogen and oxygen atoms in total. The summed E-state index contributed by atoms with van der Waals surface area (Å²) in [6, 6.07) is 9.74. The lowest BCUT2D eigenvalue weighted by atomic mass is 10.2. The normalized spacial score (nSPS) is 10.5. The Labute approximate surface area is 97.5 Å². The van der Waals surface area contributed by atoms with Crippen LogP contribution in [0.2, 0.25) is 0 Å². The quantitative estimate of drug-likeness (QED) is 0.611. The molecule has 1 aromatic carbocycles. The zero-order chi connectivity index (χ0) is 12.0. The number of rotatable bonds is 5. The van der Waals surface area contributed by atoms with Crippen LogP contribution in [0.3, 0.4) is 0 Å². The van der Waals surface area contributed by atoms with Crippen molar-refractivity contribution in [1.29, 1.82) is 5.41 Å². The van der Waals surface area contributed by atoms with Gasteiger partial charge in [-0.1, -0.05) is 30.3 Å². The van der Waals surface area contributed by atoms with Crippen LogP contribution in [0.15, 0.2) is 30.3 Å². The molecule has 0 saturated heterocycles. The molecular weight excluding hydrogens is 200 g/mol. The van der Waals surface area contributed by atoms with E-state index in [1.54, 1.807) is 0 Å². The van der Waals surface area contributed by atoms with E-state index in [1.807, 2.05) is 56.1 Å². The molecule has 0 atom stereocenters. The van der Waals surface area contributed by atoms with Crippen LogP contribution in [-0.2, 0) is 4.74 Å². The van der Waals surface area contributed by atoms with Crippen molar-refractivity contribution < 1.29 is 4.74 Å². The standard InChI is InChI=1S/C13H20N2O/c1-11(2)16-10-9-15(3)13(14)12-7-5-4-6-8-12/h4-8,11,14H,9-10H2,1-3H3. The molecule has 0 aliphatic heterocycles. The highest BCUT2D eigenvalue weighted by atomic mass is 16.5. The van der Waals surface area contributed by atoms with Gasteiger partial charge in [-0.3, -0.25) is 5.41 Å². The Morgan fingerprint density at radius 3 is 2.50 bits per heavy atom. The third-order valence-electron chi connectivity index (χ3n) is 2.31. The van der Waals surface area contributed by atoms with E-state index < -0.39 is 0 Å². The molecule has 1 rings (SSSR count). The van der Waals surface area contributed by atoms with Crippen molar-refractivity contribution in [3.8, 4) is 0 Å². The van der Waals surface area contributed by atoms with Gasteiger partial charge >= 0.3 is 0 Å². The lowest BCUT2D eigenvalue weighted by Gasteiger charge is -2.20. The highest BCUT2D eigenvalue weighted by Gasteiger charge is 2.06. The number of hydrogen-bond donors (Lipinski definition) is 1. The summed E-state index contributed by atoms with van der Waals surface area (Å²) in [6.45, 7) is 5.43. The molecule has 0 aromatic heterocycles. The Morgan fingerprint density at radius 1 is 1.31 bits per heavy atom. The van der Waals surface area contributed by atoms with Crippen molar-refractivity contribution in [2.24, 2.45) is 0 Å². The smallest absolute Gasteiger partial charge is 0.127 e. The summed E-state index contributed by atoms with van der Waals surface area (Å²) < 4.78 is 5.46. The molecule has 1 N–H and O–H groups in total. The van der Waals surface area contributed by atoms with E-state index in [9.17, 15) is 0 Å². The zero-order valence-electron chi connectivity index (χ0n) is 10.2. The van der Waals surface area contributed by atoms with E-state index in [4.69, 9.17) is 10.1 Å². The summed E-state index contributed by atoms with van der Waals surface area (Å²) in [5.41, 5.74) is 0.939. The third kappa shape index (κ3) is 4.03. The average molecular weight is 220 g/mol. The maximum Gasteiger partial charge on any atom is 0.127 e. The van der Waals surface area contributed by atoms with E-state index in [0.717, 1.165) is 12.1 Å². The molecule has 16 heavy (non-hydrogen) atoms. The third-order valence-corrected chi connectivity index (χ3v) is 2.31. The Balaban J connectivity index is 2.43. The molecule has 0 bridgehead atoms. The number of ether oxygens (including phenoxy) is 1. The Bertz CT molecular complexity index is 322. The summed E-state index contributed by atoms with van der Waals surface area (Å²) in [5.74, 6) is 0.535. The number of nitrogens with one attached hydrogen (secondary N) is 1. The van der Waals surface area contributed by atoms with Gasteiger partial charge in [-0.25, -0.2) is 0 Å². The van der Waals surface area contributed by atoms with Crippen LogP contribution in [0.1, 0.15) is 19.4 Å². The molecule has 0 spiro atoms. The van der Waals surface area contributed by atoms with Crippen LogP contribution < -0.4 is 0 Å². The fourth-order valence-electron chi connectivity index (χ4n) is 1.35. The molecule has 1 aromatic rings. The number of nitrogens with zero attached hydrogens (tertiary/aromatic N) is 1. The lowest BCUT2D eigenvalue weighted by molar-refractivity contribution is 0.0725. The molecule has 0 saturated carbocycles. The second-order valence-electron chi connectivity index (χ2n) is 4.06. The van der Waals surface area contributed by atoms with E-state index in [-0.39, 0.29) is 6.10 Å². The van der Waals surface area contributed by atoms with Crippen molar-refractivity contribution >= 4 is 5.84 Å². The Kier molecular flexibility index (Phi) is 4.99. The first-order valence-corrected chi connectivity index (χ1v) is 5.58. The van der Waals surface area contributed by atoms with Gasteiger partial charge in [0.2, 0.25) is 0 Å². The summed E-state index contributed by atoms with van der Waals surface area (Å²) in [5, 5.41) is 7.99. The van der Waals surface area contributed by atoms with E-state index >= 15 is 0 Å². The van der Waals surface area contributed by atoms with Crippen LogP contribution in [0, 0.1) is 5.41 Å². The minimum atomic E-state index is 0.249. The minimum Gasteiger partial charge on any atom is -0.377 e. The van der Waals surface area contributed by atoms with Gasteiger partial charge in [-0.2, -0.15) is 0 Å². The first-order valence-electron chi connectivity index (χ1n) is 5.58. The van der Waals surface area contributed by atoms with Crippen molar-refractivity contribution in [1.82, 2.24) is 4.90 Å². The van der Waals surface area contributed by atoms with Gasteiger partial charge in [-0.15, -0.1) is 0 Å². The second kappa shape index (κ2) is 6.28. The fraction of sp³-hybridized carbons (Fsp3) is 0.462. The van der Waals surface area contributed by atoms with Gasteiger partial charge in [0.1, 0.15) is 5.84 Å². The number of likely N-dealkylation sites (N-methyl/N-ethyl adjacent to an activating group) is 1. The first-order chi connectivity index (χ1) is 7.61. The summed E-state index contributed by atoms with van der Waals surface area (Å²) >= 11 is 0. The van der Waals surface area contributed by atoms with Crippen LogP contribution >= 0.6 is 0 Å². The molecular formula is C13H20N2O. The molecule has 0 radical (unpaired) electrons. The number of benzene rings is 1. The van der Waals surface area contributed by atoms with Gasteiger partial charge in [-0.05, 0) is 13.8 Å². The van der Waals surface area contributed by atoms with Crippen molar-refractivity contribution in [2.45, 2.75) is 20.0 Å². The molecule has 0 aliphatic carbocycles. The maximum absolute atomic E-state index is 7.99. The summed E-state index contributed by atoms with van der Waals surface area (Å²) in [6.07, 6.45) is 0.249. The maximum atomic E-state index is 7.99. The number of amidine groups is 1. The van der Waals surface area contributed by atoms with Crippen molar-refractivity contribution in [3.63, 3.8) is 0 Å². The van der Waals surface area contributed by atoms with Crippen LogP contribution in [0.4, 0.5) is 0 Å². The molecule has 0 heterocycles. The van der Waals surface area contributed by atoms with Crippen molar-refractivity contribution in [2.75, 3.05) is 20.2 Å². The van der Waals surface area contributed by atoms with Crippen LogP contribution in [-0.4, -0.2) is 37.0 Å².